The Kier molecular flexibility index (Phi) is 6.28. The number of nitrogens with one attached hydrogen (secondary N) is 2. The molecule has 0 aliphatic rings. The quantitative estimate of drug-likeness (QED) is 0.572. The van der Waals surface area contributed by atoms with Gasteiger partial charge in [-0.3, -0.25) is 9.59 Å². The molecule has 29 heavy (non-hydrogen) atoms. The highest BCUT2D eigenvalue weighted by Gasteiger charge is 2.20. The molecule has 2 N–H and O–H groups in total. The van der Waals surface area contributed by atoms with Gasteiger partial charge in [0.15, 0.2) is 6.61 Å². The number of esters is 1. The summed E-state index contributed by atoms with van der Waals surface area (Å²) in [5.41, 5.74) is 1.26. The number of methoxy groups -OCH3 is 1. The molecule has 0 aliphatic heterocycles. The van der Waals surface area contributed by atoms with Gasteiger partial charge in [-0.1, -0.05) is 12.1 Å². The number of aromatic nitrogens is 2. The minimum absolute atomic E-state index is 0.273. The molecule has 152 valence electrons. The van der Waals surface area contributed by atoms with E-state index < -0.39 is 18.5 Å². The second kappa shape index (κ2) is 8.87. The van der Waals surface area contributed by atoms with E-state index in [4.69, 9.17) is 9.47 Å². The number of carbonyl (C=O) groups excluding carboxylic acids is 2. The second-order valence-electron chi connectivity index (χ2n) is 6.41. The Hall–Kier alpha value is -3.20. The van der Waals surface area contributed by atoms with Crippen LogP contribution in [0.5, 0.6) is 5.75 Å². The van der Waals surface area contributed by atoms with Gasteiger partial charge in [0.05, 0.1) is 12.5 Å². The Bertz CT molecular complexity index is 1100. The van der Waals surface area contributed by atoms with Crippen molar-refractivity contribution in [2.75, 3.05) is 20.3 Å². The third-order valence-electron chi connectivity index (χ3n) is 4.33. The normalized spacial score (nSPS) is 10.7. The van der Waals surface area contributed by atoms with Gasteiger partial charge in [-0.2, -0.15) is 0 Å². The average Bonchev–Trinajstić information content (AvgIpc) is 3.03. The number of aryl methyl sites for hydroxylation is 2. The van der Waals surface area contributed by atoms with Crippen LogP contribution in [0, 0.1) is 13.8 Å². The van der Waals surface area contributed by atoms with Crippen molar-refractivity contribution in [3.63, 3.8) is 0 Å². The van der Waals surface area contributed by atoms with E-state index >= 15 is 0 Å². The van der Waals surface area contributed by atoms with E-state index in [1.54, 1.807) is 21.0 Å². The molecule has 0 spiro atoms. The number of hydrogen-bond donors (Lipinski definition) is 2. The average molecular weight is 415 g/mol. The number of H-pyrrole nitrogens is 1. The Morgan fingerprint density at radius 1 is 1.21 bits per heavy atom. The predicted octanol–water partition coefficient (Wildman–Crippen LogP) is 2.13. The van der Waals surface area contributed by atoms with Crippen LogP contribution in [-0.4, -0.2) is 42.1 Å². The third kappa shape index (κ3) is 4.80. The van der Waals surface area contributed by atoms with E-state index in [2.05, 4.69) is 15.3 Å². The van der Waals surface area contributed by atoms with Crippen LogP contribution in [0.1, 0.15) is 26.6 Å². The molecule has 1 aromatic carbocycles. The Labute approximate surface area is 170 Å². The number of benzene rings is 1. The summed E-state index contributed by atoms with van der Waals surface area (Å²) >= 11 is 1.08. The fraction of sp³-hybridized carbons (Fsp3) is 0.300. The molecule has 9 heteroatoms. The Morgan fingerprint density at radius 3 is 2.62 bits per heavy atom. The molecular formula is C20H21N3O5S. The number of fused-ring (bicyclic) bond motifs is 1. The summed E-state index contributed by atoms with van der Waals surface area (Å²) in [6, 6.07) is 7.56. The van der Waals surface area contributed by atoms with Crippen LogP contribution in [-0.2, 0) is 16.0 Å². The maximum atomic E-state index is 12.3. The zero-order valence-corrected chi connectivity index (χ0v) is 17.1. The van der Waals surface area contributed by atoms with E-state index in [1.165, 1.54) is 0 Å². The Morgan fingerprint density at radius 2 is 1.93 bits per heavy atom. The molecule has 0 unspecified atom stereocenters. The summed E-state index contributed by atoms with van der Waals surface area (Å²) < 4.78 is 10.2. The second-order valence-corrected chi connectivity index (χ2v) is 7.41. The van der Waals surface area contributed by atoms with Gasteiger partial charge in [0.25, 0.3) is 11.5 Å². The number of rotatable bonds is 7. The zero-order valence-electron chi connectivity index (χ0n) is 16.3. The molecule has 1 amide bonds. The number of nitrogens with zero attached hydrogens (tertiary/aromatic N) is 1. The predicted molar refractivity (Wildman–Crippen MR) is 110 cm³/mol. The molecule has 3 rings (SSSR count). The molecule has 3 aromatic rings. The molecule has 0 radical (unpaired) electrons. The molecule has 2 heterocycles. The first-order valence-corrected chi connectivity index (χ1v) is 9.77. The standard InChI is InChI=1S/C20H21N3O5S/c1-11-16-18(25)22-12(2)23-19(16)29-17(11)20(26)28-10-15(24)21-9-8-13-4-6-14(27-3)7-5-13/h4-7H,8-10H2,1-3H3,(H,21,24)(H,22,23,25). The topological polar surface area (TPSA) is 110 Å². The highest BCUT2D eigenvalue weighted by molar-refractivity contribution is 7.20. The van der Waals surface area contributed by atoms with Gasteiger partial charge in [0, 0.05) is 6.54 Å². The first kappa shape index (κ1) is 20.5. The van der Waals surface area contributed by atoms with Gasteiger partial charge in [-0.05, 0) is 43.5 Å². The van der Waals surface area contributed by atoms with Crippen molar-refractivity contribution in [3.05, 3.63) is 56.4 Å². The minimum Gasteiger partial charge on any atom is -0.497 e. The van der Waals surface area contributed by atoms with Crippen molar-refractivity contribution >= 4 is 33.4 Å². The van der Waals surface area contributed by atoms with E-state index in [9.17, 15) is 14.4 Å². The molecule has 0 fully saturated rings. The lowest BCUT2D eigenvalue weighted by Crippen LogP contribution is -2.30. The molecule has 0 atom stereocenters. The molecule has 0 saturated heterocycles. The van der Waals surface area contributed by atoms with Gasteiger partial charge >= 0.3 is 5.97 Å². The SMILES string of the molecule is COc1ccc(CCNC(=O)COC(=O)c2sc3nc(C)[nH]c(=O)c3c2C)cc1. The van der Waals surface area contributed by atoms with Crippen molar-refractivity contribution in [2.45, 2.75) is 20.3 Å². The van der Waals surface area contributed by atoms with Crippen LogP contribution in [0.2, 0.25) is 0 Å². The number of aromatic amines is 1. The van der Waals surface area contributed by atoms with Gasteiger partial charge in [0.1, 0.15) is 21.3 Å². The van der Waals surface area contributed by atoms with Crippen LogP contribution in [0.15, 0.2) is 29.1 Å². The first-order valence-electron chi connectivity index (χ1n) is 8.96. The summed E-state index contributed by atoms with van der Waals surface area (Å²) in [6.45, 7) is 3.36. The maximum absolute atomic E-state index is 12.3. The Balaban J connectivity index is 1.53. The van der Waals surface area contributed by atoms with Crippen molar-refractivity contribution in [1.29, 1.82) is 0 Å². The number of amides is 1. The third-order valence-corrected chi connectivity index (χ3v) is 5.50. The van der Waals surface area contributed by atoms with Crippen molar-refractivity contribution < 1.29 is 19.1 Å². The number of carbonyl (C=O) groups is 2. The highest BCUT2D eigenvalue weighted by atomic mass is 32.1. The van der Waals surface area contributed by atoms with Crippen molar-refractivity contribution in [1.82, 2.24) is 15.3 Å². The monoisotopic (exact) mass is 415 g/mol. The highest BCUT2D eigenvalue weighted by Crippen LogP contribution is 2.27. The summed E-state index contributed by atoms with van der Waals surface area (Å²) in [5.74, 6) is 0.207. The molecule has 0 bridgehead atoms. The largest absolute Gasteiger partial charge is 0.497 e. The maximum Gasteiger partial charge on any atom is 0.349 e. The molecule has 0 aliphatic carbocycles. The molecular weight excluding hydrogens is 394 g/mol. The number of hydrogen-bond acceptors (Lipinski definition) is 7. The van der Waals surface area contributed by atoms with Crippen molar-refractivity contribution in [3.8, 4) is 5.75 Å². The smallest absolute Gasteiger partial charge is 0.349 e. The number of thiophene rings is 1. The van der Waals surface area contributed by atoms with Crippen LogP contribution >= 0.6 is 11.3 Å². The summed E-state index contributed by atoms with van der Waals surface area (Å²) in [5, 5.41) is 3.08. The van der Waals surface area contributed by atoms with Crippen LogP contribution in [0.3, 0.4) is 0 Å². The van der Waals surface area contributed by atoms with Gasteiger partial charge < -0.3 is 19.8 Å². The van der Waals surface area contributed by atoms with Gasteiger partial charge in [0.2, 0.25) is 0 Å². The first-order chi connectivity index (χ1) is 13.9. The van der Waals surface area contributed by atoms with E-state index in [0.717, 1.165) is 22.6 Å². The molecule has 8 nitrogen and oxygen atoms in total. The fourth-order valence-corrected chi connectivity index (χ4v) is 3.95. The van der Waals surface area contributed by atoms with Gasteiger partial charge in [-0.15, -0.1) is 11.3 Å². The van der Waals surface area contributed by atoms with E-state index in [0.29, 0.717) is 34.6 Å². The summed E-state index contributed by atoms with van der Waals surface area (Å²) in [7, 11) is 1.60. The van der Waals surface area contributed by atoms with E-state index in [1.807, 2.05) is 24.3 Å². The fourth-order valence-electron chi connectivity index (χ4n) is 2.83. The van der Waals surface area contributed by atoms with E-state index in [-0.39, 0.29) is 10.4 Å². The lowest BCUT2D eigenvalue weighted by molar-refractivity contribution is -0.124. The van der Waals surface area contributed by atoms with Gasteiger partial charge in [-0.25, -0.2) is 9.78 Å². The number of ether oxygens (including phenoxy) is 2. The minimum atomic E-state index is -0.646. The van der Waals surface area contributed by atoms with Crippen LogP contribution < -0.4 is 15.6 Å². The van der Waals surface area contributed by atoms with Crippen LogP contribution in [0.25, 0.3) is 10.2 Å². The summed E-state index contributed by atoms with van der Waals surface area (Å²) in [4.78, 5) is 44.0. The molecule has 2 aromatic heterocycles. The summed E-state index contributed by atoms with van der Waals surface area (Å²) in [6.07, 6.45) is 0.646. The van der Waals surface area contributed by atoms with Crippen LogP contribution in [0.4, 0.5) is 0 Å². The van der Waals surface area contributed by atoms with Crippen molar-refractivity contribution in [2.24, 2.45) is 0 Å². The lowest BCUT2D eigenvalue weighted by atomic mass is 10.1. The lowest BCUT2D eigenvalue weighted by Gasteiger charge is -2.07. The molecule has 0 saturated carbocycles. The zero-order chi connectivity index (χ0) is 21.0.